The van der Waals surface area contributed by atoms with E-state index in [0.29, 0.717) is 0 Å². The molecule has 0 bridgehead atoms. The van der Waals surface area contributed by atoms with Crippen molar-refractivity contribution in [1.29, 1.82) is 0 Å². The van der Waals surface area contributed by atoms with Gasteiger partial charge >= 0.3 is 0 Å². The molecular weight excluding hydrogens is 396 g/mol. The monoisotopic (exact) mass is 422 g/mol. The Morgan fingerprint density at radius 2 is 2.00 bits per heavy atom. The van der Waals surface area contributed by atoms with Crippen molar-refractivity contribution >= 4 is 33.8 Å². The Hall–Kier alpha value is -2.94. The number of hydrogen-bond donors (Lipinski definition) is 1. The lowest BCUT2D eigenvalue weighted by Gasteiger charge is -2.32. The third-order valence-corrected chi connectivity index (χ3v) is 6.67. The zero-order valence-corrected chi connectivity index (χ0v) is 18.4. The first-order chi connectivity index (χ1) is 14.6. The van der Waals surface area contributed by atoms with Crippen LogP contribution in [0.5, 0.6) is 0 Å². The van der Waals surface area contributed by atoms with E-state index in [4.69, 9.17) is 4.98 Å². The lowest BCUT2D eigenvalue weighted by atomic mass is 9.94. The smallest absolute Gasteiger partial charge is 0.167 e. The van der Waals surface area contributed by atoms with Gasteiger partial charge in [-0.3, -0.25) is 4.68 Å². The van der Waals surface area contributed by atoms with Crippen LogP contribution in [0.25, 0.3) is 16.8 Å². The minimum Gasteiger partial charge on any atom is -0.356 e. The summed E-state index contributed by atoms with van der Waals surface area (Å²) in [5.41, 5.74) is 3.84. The highest BCUT2D eigenvalue weighted by atomic mass is 32.1. The molecule has 1 aliphatic heterocycles. The van der Waals surface area contributed by atoms with E-state index in [9.17, 15) is 0 Å². The summed E-state index contributed by atoms with van der Waals surface area (Å²) in [6, 6.07) is 4.16. The average Bonchev–Trinajstić information content (AvgIpc) is 3.48. The Morgan fingerprint density at radius 1 is 1.17 bits per heavy atom. The second kappa shape index (κ2) is 7.71. The van der Waals surface area contributed by atoms with Gasteiger partial charge in [0, 0.05) is 43.5 Å². The molecule has 1 aliphatic rings. The Labute approximate surface area is 179 Å². The number of rotatable bonds is 5. The zero-order valence-electron chi connectivity index (χ0n) is 17.5. The largest absolute Gasteiger partial charge is 0.356 e. The molecule has 30 heavy (non-hydrogen) atoms. The van der Waals surface area contributed by atoms with Gasteiger partial charge in [-0.25, -0.2) is 4.98 Å². The number of piperidine rings is 1. The van der Waals surface area contributed by atoms with Crippen LogP contribution in [0.4, 0.5) is 16.6 Å². The normalized spacial score (nSPS) is 15.2. The number of nitrogens with one attached hydrogen (secondary N) is 1. The summed E-state index contributed by atoms with van der Waals surface area (Å²) in [6.45, 7) is 6.37. The van der Waals surface area contributed by atoms with Gasteiger partial charge < -0.3 is 10.2 Å². The average molecular weight is 423 g/mol. The van der Waals surface area contributed by atoms with Crippen molar-refractivity contribution in [2.45, 2.75) is 33.1 Å². The van der Waals surface area contributed by atoms with E-state index in [1.165, 1.54) is 30.8 Å². The van der Waals surface area contributed by atoms with Crippen molar-refractivity contribution in [3.63, 3.8) is 0 Å². The minimum atomic E-state index is 0.823. The maximum absolute atomic E-state index is 5.04. The first kappa shape index (κ1) is 19.0. The van der Waals surface area contributed by atoms with E-state index in [1.54, 1.807) is 4.68 Å². The van der Waals surface area contributed by atoms with Gasteiger partial charge in [0.05, 0.1) is 18.1 Å². The molecule has 0 atom stereocenters. The Kier molecular flexibility index (Phi) is 4.90. The number of anilines is 3. The molecule has 5 rings (SSSR count). The van der Waals surface area contributed by atoms with Crippen molar-refractivity contribution in [2.75, 3.05) is 23.3 Å². The van der Waals surface area contributed by atoms with Crippen LogP contribution in [0.1, 0.15) is 31.9 Å². The molecule has 0 amide bonds. The molecule has 0 spiro atoms. The van der Waals surface area contributed by atoms with Crippen LogP contribution in [-0.2, 0) is 7.05 Å². The van der Waals surface area contributed by atoms with Crippen molar-refractivity contribution in [3.8, 4) is 11.1 Å². The fourth-order valence-corrected chi connectivity index (χ4v) is 4.75. The number of nitrogens with zero attached hydrogens (tertiary/aromatic N) is 7. The molecule has 156 valence electrons. The third kappa shape index (κ3) is 3.54. The molecule has 0 aliphatic carbocycles. The van der Waals surface area contributed by atoms with Crippen LogP contribution < -0.4 is 10.2 Å². The lowest BCUT2D eigenvalue weighted by molar-refractivity contribution is 0.394. The van der Waals surface area contributed by atoms with Gasteiger partial charge in [0.2, 0.25) is 0 Å². The third-order valence-electron chi connectivity index (χ3n) is 5.87. The topological polar surface area (TPSA) is 76.2 Å². The van der Waals surface area contributed by atoms with Crippen molar-refractivity contribution in [3.05, 3.63) is 36.4 Å². The summed E-state index contributed by atoms with van der Waals surface area (Å²) < 4.78 is 8.07. The van der Waals surface area contributed by atoms with E-state index < -0.39 is 0 Å². The molecular formula is C21H26N8S. The Balaban J connectivity index is 1.59. The Morgan fingerprint density at radius 3 is 2.67 bits per heavy atom. The lowest BCUT2D eigenvalue weighted by Crippen LogP contribution is -2.34. The van der Waals surface area contributed by atoms with E-state index in [0.717, 1.165) is 58.1 Å². The molecule has 1 saturated heterocycles. The van der Waals surface area contributed by atoms with Gasteiger partial charge in [0.15, 0.2) is 5.65 Å². The maximum Gasteiger partial charge on any atom is 0.167 e. The number of fused-ring (bicyclic) bond motifs is 1. The van der Waals surface area contributed by atoms with Crippen molar-refractivity contribution in [1.82, 2.24) is 28.8 Å². The van der Waals surface area contributed by atoms with Crippen molar-refractivity contribution in [2.24, 2.45) is 13.0 Å². The number of hydrogen-bond acceptors (Lipinski definition) is 7. The maximum atomic E-state index is 5.04. The van der Waals surface area contributed by atoms with Crippen molar-refractivity contribution < 1.29 is 0 Å². The fourth-order valence-electron chi connectivity index (χ4n) is 4.08. The fraction of sp³-hybridized carbons (Fsp3) is 0.429. The molecule has 0 aromatic carbocycles. The predicted molar refractivity (Wildman–Crippen MR) is 121 cm³/mol. The van der Waals surface area contributed by atoms with Gasteiger partial charge in [0.1, 0.15) is 16.6 Å². The molecule has 9 heteroatoms. The first-order valence-corrected chi connectivity index (χ1v) is 11.2. The summed E-state index contributed by atoms with van der Waals surface area (Å²) in [5, 5.41) is 13.5. The van der Waals surface area contributed by atoms with Gasteiger partial charge in [-0.1, -0.05) is 13.3 Å². The summed E-state index contributed by atoms with van der Waals surface area (Å²) >= 11 is 1.45. The summed E-state index contributed by atoms with van der Waals surface area (Å²) in [4.78, 5) is 7.44. The molecule has 0 saturated carbocycles. The summed E-state index contributed by atoms with van der Waals surface area (Å²) in [6.07, 6.45) is 9.42. The van der Waals surface area contributed by atoms with E-state index in [-0.39, 0.29) is 0 Å². The second-order valence-electron chi connectivity index (χ2n) is 7.99. The van der Waals surface area contributed by atoms with Gasteiger partial charge in [-0.2, -0.15) is 19.1 Å². The highest BCUT2D eigenvalue weighted by Crippen LogP contribution is 2.32. The molecule has 8 nitrogen and oxygen atoms in total. The molecule has 5 heterocycles. The van der Waals surface area contributed by atoms with Crippen LogP contribution in [-0.4, -0.2) is 41.8 Å². The second-order valence-corrected chi connectivity index (χ2v) is 8.80. The number of aryl methyl sites for hydroxylation is 2. The number of aromatic nitrogens is 6. The van der Waals surface area contributed by atoms with Crippen LogP contribution >= 0.6 is 11.5 Å². The van der Waals surface area contributed by atoms with Crippen LogP contribution in [0.3, 0.4) is 0 Å². The molecule has 0 radical (unpaired) electrons. The van der Waals surface area contributed by atoms with E-state index >= 15 is 0 Å². The quantitative estimate of drug-likeness (QED) is 0.518. The van der Waals surface area contributed by atoms with Gasteiger partial charge in [0.25, 0.3) is 0 Å². The Bertz CT molecular complexity index is 1170. The van der Waals surface area contributed by atoms with E-state index in [2.05, 4.69) is 43.8 Å². The van der Waals surface area contributed by atoms with Gasteiger partial charge in [-0.15, -0.1) is 0 Å². The van der Waals surface area contributed by atoms with E-state index in [1.807, 2.05) is 37.1 Å². The highest BCUT2D eigenvalue weighted by molar-refractivity contribution is 7.10. The molecule has 0 unspecified atom stereocenters. The molecule has 1 N–H and O–H groups in total. The zero-order chi connectivity index (χ0) is 20.7. The summed E-state index contributed by atoms with van der Waals surface area (Å²) in [7, 11) is 1.92. The minimum absolute atomic E-state index is 0.823. The van der Waals surface area contributed by atoms with Crippen LogP contribution in [0.2, 0.25) is 0 Å². The standard InChI is InChI=1S/C21H26N8S/c1-4-15-5-7-28(8-6-15)18-10-19(24-20-9-14(2)26-30-20)29-21(25-18)17(12-23-29)16-11-22-27(3)13-16/h9-13,15,24H,4-8H2,1-3H3. The molecule has 1 fully saturated rings. The van der Waals surface area contributed by atoms with Gasteiger partial charge in [-0.05, 0) is 43.3 Å². The highest BCUT2D eigenvalue weighted by Gasteiger charge is 2.22. The summed E-state index contributed by atoms with van der Waals surface area (Å²) in [5.74, 6) is 2.71. The van der Waals surface area contributed by atoms with Crippen LogP contribution in [0.15, 0.2) is 30.7 Å². The SMILES string of the molecule is CCC1CCN(c2cc(Nc3cc(C)ns3)n3ncc(-c4cnn(C)c4)c3n2)CC1. The molecule has 4 aromatic rings. The molecule has 4 aromatic heterocycles. The van der Waals surface area contributed by atoms with Crippen LogP contribution in [0, 0.1) is 12.8 Å². The predicted octanol–water partition coefficient (Wildman–Crippen LogP) is 4.26. The first-order valence-electron chi connectivity index (χ1n) is 10.4.